The van der Waals surface area contributed by atoms with Crippen LogP contribution in [0.5, 0.6) is 0 Å². The zero-order valence-electron chi connectivity index (χ0n) is 17.5. The Labute approximate surface area is 181 Å². The molecule has 0 radical (unpaired) electrons. The molecule has 0 spiro atoms. The molecule has 0 fully saturated rings. The highest BCUT2D eigenvalue weighted by molar-refractivity contribution is 7.21. The zero-order chi connectivity index (χ0) is 21.6. The molecule has 3 aromatic carbocycles. The minimum absolute atomic E-state index is 0.0419. The molecular formula is C26H28NO2P. The molecule has 0 bridgehead atoms. The molecule has 30 heavy (non-hydrogen) atoms. The van der Waals surface area contributed by atoms with Crippen molar-refractivity contribution in [2.24, 2.45) is 0 Å². The molecule has 0 heterocycles. The van der Waals surface area contributed by atoms with Crippen molar-refractivity contribution < 1.29 is 9.59 Å². The minimum Gasteiger partial charge on any atom is -0.329 e. The molecule has 1 amide bonds. The molecule has 3 aromatic rings. The van der Waals surface area contributed by atoms with Crippen LogP contribution in [0.2, 0.25) is 0 Å². The largest absolute Gasteiger partial charge is 0.329 e. The predicted octanol–water partition coefficient (Wildman–Crippen LogP) is 5.37. The maximum Gasteiger partial charge on any atom is 0.220 e. The Kier molecular flexibility index (Phi) is 7.18. The molecule has 3 nitrogen and oxygen atoms in total. The average molecular weight is 417 g/mol. The molecule has 3 rings (SSSR count). The maximum atomic E-state index is 14.4. The Morgan fingerprint density at radius 1 is 0.833 bits per heavy atom. The van der Waals surface area contributed by atoms with Gasteiger partial charge >= 0.3 is 0 Å². The predicted molar refractivity (Wildman–Crippen MR) is 125 cm³/mol. The monoisotopic (exact) mass is 417 g/mol. The summed E-state index contributed by atoms with van der Waals surface area (Å²) < 4.78 is 0. The topological polar surface area (TPSA) is 37.4 Å². The fourth-order valence-corrected chi connectivity index (χ4v) is 4.43. The summed E-state index contributed by atoms with van der Waals surface area (Å²) in [6.45, 7) is 4.07. The zero-order valence-corrected chi connectivity index (χ0v) is 18.6. The van der Waals surface area contributed by atoms with E-state index >= 15 is 0 Å². The van der Waals surface area contributed by atoms with Gasteiger partial charge in [0.1, 0.15) is 6.04 Å². The maximum absolute atomic E-state index is 14.4. The van der Waals surface area contributed by atoms with Crippen LogP contribution >= 0.6 is 9.24 Å². The third-order valence-electron chi connectivity index (χ3n) is 5.39. The van der Waals surface area contributed by atoms with E-state index in [2.05, 4.69) is 9.24 Å². The molecule has 2 unspecified atom stereocenters. The highest BCUT2D eigenvalue weighted by Gasteiger charge is 2.44. The molecule has 0 N–H and O–H groups in total. The van der Waals surface area contributed by atoms with Crippen LogP contribution in [-0.2, 0) is 14.7 Å². The van der Waals surface area contributed by atoms with Gasteiger partial charge in [0.2, 0.25) is 5.91 Å². The van der Waals surface area contributed by atoms with E-state index in [1.165, 1.54) is 6.92 Å². The van der Waals surface area contributed by atoms with Crippen LogP contribution in [0.4, 0.5) is 0 Å². The highest BCUT2D eigenvalue weighted by atomic mass is 31.0. The van der Waals surface area contributed by atoms with Crippen molar-refractivity contribution in [2.45, 2.75) is 31.5 Å². The van der Waals surface area contributed by atoms with Gasteiger partial charge in [-0.25, -0.2) is 0 Å². The van der Waals surface area contributed by atoms with E-state index in [0.29, 0.717) is 6.54 Å². The van der Waals surface area contributed by atoms with Gasteiger partial charge in [-0.1, -0.05) is 97.9 Å². The van der Waals surface area contributed by atoms with E-state index < -0.39 is 11.2 Å². The number of carbonyl (C=O) groups excluding carboxylic acids is 2. The lowest BCUT2D eigenvalue weighted by atomic mass is 9.81. The molecule has 0 aliphatic rings. The van der Waals surface area contributed by atoms with Crippen molar-refractivity contribution in [3.63, 3.8) is 0 Å². The van der Waals surface area contributed by atoms with E-state index in [1.807, 2.05) is 97.9 Å². The van der Waals surface area contributed by atoms with Gasteiger partial charge in [-0.2, -0.15) is 0 Å². The van der Waals surface area contributed by atoms with E-state index in [9.17, 15) is 9.59 Å². The summed E-state index contributed by atoms with van der Waals surface area (Å²) in [6, 6.07) is 28.4. The first-order valence-corrected chi connectivity index (χ1v) is 10.8. The van der Waals surface area contributed by atoms with Gasteiger partial charge in [0.25, 0.3) is 0 Å². The van der Waals surface area contributed by atoms with Crippen LogP contribution < -0.4 is 0 Å². The summed E-state index contributed by atoms with van der Waals surface area (Å²) in [5, 5.41) is -0.982. The van der Waals surface area contributed by atoms with Crippen LogP contribution in [0.15, 0.2) is 91.0 Å². The lowest BCUT2D eigenvalue weighted by molar-refractivity contribution is -0.139. The van der Waals surface area contributed by atoms with Crippen LogP contribution in [0.3, 0.4) is 0 Å². The fraction of sp³-hybridized carbons (Fsp3) is 0.231. The first kappa shape index (κ1) is 21.9. The lowest BCUT2D eigenvalue weighted by Gasteiger charge is -2.38. The Bertz CT molecular complexity index is 934. The summed E-state index contributed by atoms with van der Waals surface area (Å²) in [7, 11) is 2.81. The van der Waals surface area contributed by atoms with Crippen LogP contribution in [0, 0.1) is 0 Å². The second kappa shape index (κ2) is 9.82. The third-order valence-corrected chi connectivity index (χ3v) is 6.34. The summed E-state index contributed by atoms with van der Waals surface area (Å²) in [4.78, 5) is 28.7. The highest BCUT2D eigenvalue weighted by Crippen LogP contribution is 2.44. The van der Waals surface area contributed by atoms with Gasteiger partial charge < -0.3 is 4.90 Å². The fourth-order valence-electron chi connectivity index (χ4n) is 3.89. The lowest BCUT2D eigenvalue weighted by Crippen LogP contribution is -2.45. The van der Waals surface area contributed by atoms with Gasteiger partial charge in [-0.05, 0) is 23.1 Å². The van der Waals surface area contributed by atoms with Crippen molar-refractivity contribution in [1.29, 1.82) is 0 Å². The summed E-state index contributed by atoms with van der Waals surface area (Å²) in [5.41, 5.74) is 2.59. The number of benzene rings is 3. The summed E-state index contributed by atoms with van der Waals surface area (Å²) in [5.74, 6) is -0.146. The van der Waals surface area contributed by atoms with Gasteiger partial charge in [0, 0.05) is 13.5 Å². The summed E-state index contributed by atoms with van der Waals surface area (Å²) in [6.07, 6.45) is 0.775. The number of Topliss-reactive ketones (excluding diaryl/α,β-unsaturated/α-hetero) is 1. The Morgan fingerprint density at radius 2 is 1.27 bits per heavy atom. The normalized spacial score (nSPS) is 12.2. The van der Waals surface area contributed by atoms with Crippen molar-refractivity contribution in [3.8, 4) is 0 Å². The quantitative estimate of drug-likeness (QED) is 0.462. The Balaban J connectivity index is 2.22. The van der Waals surface area contributed by atoms with Crippen molar-refractivity contribution in [1.82, 2.24) is 4.90 Å². The molecule has 2 atom stereocenters. The third kappa shape index (κ3) is 4.37. The molecule has 4 heteroatoms. The van der Waals surface area contributed by atoms with Crippen molar-refractivity contribution in [2.75, 3.05) is 6.54 Å². The van der Waals surface area contributed by atoms with E-state index in [1.54, 1.807) is 4.90 Å². The number of carbonyl (C=O) groups is 2. The second-order valence-corrected chi connectivity index (χ2v) is 8.30. The van der Waals surface area contributed by atoms with E-state index in [-0.39, 0.29) is 11.7 Å². The molecule has 0 aliphatic carbocycles. The molecule has 154 valence electrons. The SMILES string of the molecule is CCCN(C(C)=O)C(C(=O)C(P)(c1ccccc1)c1ccccc1)c1ccccc1. The number of hydrogen-bond acceptors (Lipinski definition) is 2. The Hall–Kier alpha value is -2.77. The van der Waals surface area contributed by atoms with E-state index in [4.69, 9.17) is 0 Å². The second-order valence-electron chi connectivity index (χ2n) is 7.43. The van der Waals surface area contributed by atoms with Crippen molar-refractivity contribution >= 4 is 20.9 Å². The standard InChI is InChI=1S/C26H28NO2P/c1-3-19-27(20(2)28)24(21-13-7-4-8-14-21)25(29)26(30,22-15-9-5-10-16-22)23-17-11-6-12-18-23/h4-18,24H,3,19,30H2,1-2H3. The number of ketones is 1. The molecule has 0 saturated carbocycles. The van der Waals surface area contributed by atoms with Crippen LogP contribution in [0.25, 0.3) is 0 Å². The Morgan fingerprint density at radius 3 is 1.67 bits per heavy atom. The molecular weight excluding hydrogens is 389 g/mol. The smallest absolute Gasteiger partial charge is 0.220 e. The van der Waals surface area contributed by atoms with Crippen LogP contribution in [0.1, 0.15) is 43.0 Å². The minimum atomic E-state index is -0.982. The van der Waals surface area contributed by atoms with E-state index in [0.717, 1.165) is 23.1 Å². The van der Waals surface area contributed by atoms with Gasteiger partial charge in [-0.15, -0.1) is 9.24 Å². The molecule has 0 aliphatic heterocycles. The number of rotatable bonds is 8. The van der Waals surface area contributed by atoms with Crippen LogP contribution in [-0.4, -0.2) is 23.1 Å². The number of nitrogens with zero attached hydrogens (tertiary/aromatic N) is 1. The number of amides is 1. The molecule has 0 saturated heterocycles. The van der Waals surface area contributed by atoms with Gasteiger partial charge in [-0.3, -0.25) is 9.59 Å². The summed E-state index contributed by atoms with van der Waals surface area (Å²) >= 11 is 0. The van der Waals surface area contributed by atoms with Gasteiger partial charge in [0.05, 0.1) is 5.16 Å². The first-order valence-electron chi connectivity index (χ1n) is 10.3. The number of hydrogen-bond donors (Lipinski definition) is 0. The van der Waals surface area contributed by atoms with Gasteiger partial charge in [0.15, 0.2) is 5.78 Å². The average Bonchev–Trinajstić information content (AvgIpc) is 2.80. The molecule has 0 aromatic heterocycles. The van der Waals surface area contributed by atoms with Crippen molar-refractivity contribution in [3.05, 3.63) is 108 Å². The first-order chi connectivity index (χ1) is 14.5.